The topological polar surface area (TPSA) is 20.2 Å². The summed E-state index contributed by atoms with van der Waals surface area (Å²) in [5.74, 6) is 12.8. The van der Waals surface area contributed by atoms with Crippen molar-refractivity contribution in [2.24, 2.45) is 0 Å². The predicted molar refractivity (Wildman–Crippen MR) is 48.0 cm³/mol. The molecule has 1 unspecified atom stereocenters. The molecule has 56 valence electrons. The van der Waals surface area contributed by atoms with Crippen molar-refractivity contribution in [3.05, 3.63) is 12.2 Å². The van der Waals surface area contributed by atoms with Gasteiger partial charge in [0.1, 0.15) is 6.10 Å². The SMILES string of the molecule is OC1C#CCSCC#C/C=C\1. The summed E-state index contributed by atoms with van der Waals surface area (Å²) < 4.78 is 0. The van der Waals surface area contributed by atoms with Gasteiger partial charge in [-0.15, -0.1) is 11.8 Å². The molecule has 1 nitrogen and oxygen atoms in total. The van der Waals surface area contributed by atoms with Crippen molar-refractivity contribution in [2.75, 3.05) is 11.5 Å². The summed E-state index contributed by atoms with van der Waals surface area (Å²) in [6, 6.07) is 0. The average molecular weight is 164 g/mol. The molecule has 1 heterocycles. The van der Waals surface area contributed by atoms with Crippen LogP contribution in [0.15, 0.2) is 12.2 Å². The highest BCUT2D eigenvalue weighted by atomic mass is 32.2. The van der Waals surface area contributed by atoms with Crippen LogP contribution in [0.5, 0.6) is 0 Å². The van der Waals surface area contributed by atoms with Gasteiger partial charge in [0.15, 0.2) is 0 Å². The second kappa shape index (κ2) is 4.91. The average Bonchev–Trinajstić information content (AvgIpc) is 2.03. The van der Waals surface area contributed by atoms with E-state index in [0.717, 1.165) is 11.5 Å². The van der Waals surface area contributed by atoms with Crippen LogP contribution in [-0.2, 0) is 0 Å². The van der Waals surface area contributed by atoms with Gasteiger partial charge in [0, 0.05) is 0 Å². The fraction of sp³-hybridized carbons (Fsp3) is 0.333. The van der Waals surface area contributed by atoms with Crippen LogP contribution >= 0.6 is 11.8 Å². The van der Waals surface area contributed by atoms with Crippen LogP contribution in [0, 0.1) is 23.7 Å². The maximum absolute atomic E-state index is 9.09. The Morgan fingerprint density at radius 2 is 2.18 bits per heavy atom. The van der Waals surface area contributed by atoms with E-state index in [0.29, 0.717) is 0 Å². The Labute approximate surface area is 70.9 Å². The van der Waals surface area contributed by atoms with Gasteiger partial charge >= 0.3 is 0 Å². The lowest BCUT2D eigenvalue weighted by atomic mass is 10.3. The Hall–Kier alpha value is -0.830. The summed E-state index contributed by atoms with van der Waals surface area (Å²) >= 11 is 1.66. The molecule has 0 aromatic carbocycles. The van der Waals surface area contributed by atoms with E-state index in [4.69, 9.17) is 5.11 Å². The zero-order chi connectivity index (χ0) is 7.94. The Morgan fingerprint density at radius 3 is 3.09 bits per heavy atom. The summed E-state index contributed by atoms with van der Waals surface area (Å²) in [5.41, 5.74) is 0. The number of hydrogen-bond acceptors (Lipinski definition) is 2. The Kier molecular flexibility index (Phi) is 3.69. The van der Waals surface area contributed by atoms with Gasteiger partial charge in [0.05, 0.1) is 11.5 Å². The quantitative estimate of drug-likeness (QED) is 0.531. The van der Waals surface area contributed by atoms with Gasteiger partial charge in [-0.05, 0) is 12.2 Å². The van der Waals surface area contributed by atoms with Crippen molar-refractivity contribution in [3.8, 4) is 23.7 Å². The molecule has 1 N–H and O–H groups in total. The first-order valence-electron chi connectivity index (χ1n) is 3.29. The minimum atomic E-state index is -0.650. The van der Waals surface area contributed by atoms with Crippen LogP contribution in [0.4, 0.5) is 0 Å². The first-order chi connectivity index (χ1) is 5.39. The van der Waals surface area contributed by atoms with Crippen molar-refractivity contribution < 1.29 is 5.11 Å². The van der Waals surface area contributed by atoms with Crippen molar-refractivity contribution in [3.63, 3.8) is 0 Å². The molecule has 0 radical (unpaired) electrons. The van der Waals surface area contributed by atoms with E-state index in [-0.39, 0.29) is 0 Å². The lowest BCUT2D eigenvalue weighted by Crippen LogP contribution is -1.97. The standard InChI is InChI=1S/C9H8OS/c10-9-5-2-1-3-7-11-8-4-6-9/h2,5,9-10H,7-8H2/b5-2-. The first-order valence-corrected chi connectivity index (χ1v) is 4.44. The van der Waals surface area contributed by atoms with Crippen molar-refractivity contribution in [1.29, 1.82) is 0 Å². The normalized spacial score (nSPS) is 25.4. The van der Waals surface area contributed by atoms with E-state index >= 15 is 0 Å². The van der Waals surface area contributed by atoms with Crippen LogP contribution < -0.4 is 0 Å². The zero-order valence-corrected chi connectivity index (χ0v) is 6.82. The summed E-state index contributed by atoms with van der Waals surface area (Å²) in [5, 5.41) is 9.09. The number of hydrogen-bond donors (Lipinski definition) is 1. The Bertz CT molecular complexity index is 259. The summed E-state index contributed by atoms with van der Waals surface area (Å²) in [6.07, 6.45) is 2.59. The molecule has 1 aliphatic rings. The fourth-order valence-electron chi connectivity index (χ4n) is 0.587. The second-order valence-corrected chi connectivity index (χ2v) is 2.92. The number of rotatable bonds is 0. The maximum Gasteiger partial charge on any atom is 0.134 e. The molecule has 0 saturated heterocycles. The van der Waals surface area contributed by atoms with E-state index in [1.807, 2.05) is 0 Å². The third kappa shape index (κ3) is 3.78. The molecule has 0 saturated carbocycles. The van der Waals surface area contributed by atoms with E-state index < -0.39 is 6.10 Å². The zero-order valence-electron chi connectivity index (χ0n) is 6.00. The molecule has 1 rings (SSSR count). The highest BCUT2D eigenvalue weighted by Gasteiger charge is 1.89. The predicted octanol–water partition coefficient (Wildman–Crippen LogP) is 0.657. The molecule has 0 spiro atoms. The summed E-state index contributed by atoms with van der Waals surface area (Å²) in [7, 11) is 0. The van der Waals surface area contributed by atoms with Crippen LogP contribution in [0.25, 0.3) is 0 Å². The third-order valence-electron chi connectivity index (χ3n) is 1.06. The van der Waals surface area contributed by atoms with Gasteiger partial charge in [-0.2, -0.15) is 0 Å². The van der Waals surface area contributed by atoms with E-state index in [1.54, 1.807) is 23.9 Å². The monoisotopic (exact) mass is 164 g/mol. The van der Waals surface area contributed by atoms with E-state index in [2.05, 4.69) is 23.7 Å². The van der Waals surface area contributed by atoms with Crippen LogP contribution in [0.3, 0.4) is 0 Å². The van der Waals surface area contributed by atoms with Gasteiger partial charge in [0.2, 0.25) is 0 Å². The minimum absolute atomic E-state index is 0.650. The molecule has 0 aromatic rings. The van der Waals surface area contributed by atoms with Crippen LogP contribution in [-0.4, -0.2) is 22.7 Å². The molecule has 1 atom stereocenters. The third-order valence-corrected chi connectivity index (χ3v) is 1.76. The molecule has 1 aliphatic heterocycles. The second-order valence-electron chi connectivity index (χ2n) is 1.94. The summed E-state index contributed by atoms with van der Waals surface area (Å²) in [4.78, 5) is 0. The Morgan fingerprint density at radius 1 is 1.36 bits per heavy atom. The number of aliphatic hydroxyl groups excluding tert-OH is 1. The molecule has 0 fully saturated rings. The molecular formula is C9H8OS. The fourth-order valence-corrected chi connectivity index (χ4v) is 1.06. The maximum atomic E-state index is 9.09. The largest absolute Gasteiger partial charge is 0.377 e. The minimum Gasteiger partial charge on any atom is -0.377 e. The van der Waals surface area contributed by atoms with E-state index in [1.165, 1.54) is 0 Å². The first kappa shape index (κ1) is 8.27. The Balaban J connectivity index is 2.61. The van der Waals surface area contributed by atoms with Gasteiger partial charge in [-0.1, -0.05) is 23.7 Å². The highest BCUT2D eigenvalue weighted by molar-refractivity contribution is 7.99. The van der Waals surface area contributed by atoms with Crippen LogP contribution in [0.1, 0.15) is 0 Å². The number of aliphatic hydroxyl groups is 1. The number of thioether (sulfide) groups is 1. The van der Waals surface area contributed by atoms with Gasteiger partial charge in [-0.3, -0.25) is 0 Å². The van der Waals surface area contributed by atoms with E-state index in [9.17, 15) is 0 Å². The molecule has 0 aliphatic carbocycles. The van der Waals surface area contributed by atoms with Gasteiger partial charge in [-0.25, -0.2) is 0 Å². The lowest BCUT2D eigenvalue weighted by molar-refractivity contribution is 0.281. The molecule has 0 amide bonds. The van der Waals surface area contributed by atoms with Crippen molar-refractivity contribution in [2.45, 2.75) is 6.10 Å². The van der Waals surface area contributed by atoms with Gasteiger partial charge in [0.25, 0.3) is 0 Å². The molecule has 0 aromatic heterocycles. The van der Waals surface area contributed by atoms with Crippen molar-refractivity contribution in [1.82, 2.24) is 0 Å². The summed E-state index contributed by atoms with van der Waals surface area (Å²) in [6.45, 7) is 0. The van der Waals surface area contributed by atoms with Gasteiger partial charge < -0.3 is 5.11 Å². The van der Waals surface area contributed by atoms with Crippen molar-refractivity contribution >= 4 is 11.8 Å². The molecule has 0 bridgehead atoms. The smallest absolute Gasteiger partial charge is 0.134 e. The van der Waals surface area contributed by atoms with Crippen LogP contribution in [0.2, 0.25) is 0 Å². The molecule has 11 heavy (non-hydrogen) atoms. The lowest BCUT2D eigenvalue weighted by Gasteiger charge is -1.92. The number of allylic oxidation sites excluding steroid dienone is 1. The molecule has 2 heteroatoms. The molecular weight excluding hydrogens is 156 g/mol. The highest BCUT2D eigenvalue weighted by Crippen LogP contribution is 1.96.